The fourth-order valence-electron chi connectivity index (χ4n) is 3.74. The zero-order valence-corrected chi connectivity index (χ0v) is 17.2. The van der Waals surface area contributed by atoms with Gasteiger partial charge in [0.2, 0.25) is 11.8 Å². The SMILES string of the molecule is CCC(CC)N(CCOC)C(=O)C1CC(=O)N(c2cc(C)ccc2OC)C1. The fraction of sp³-hybridized carbons (Fsp3) is 0.619. The average molecular weight is 376 g/mol. The Morgan fingerprint density at radius 3 is 2.59 bits per heavy atom. The number of benzene rings is 1. The third-order valence-corrected chi connectivity index (χ3v) is 5.30. The van der Waals surface area contributed by atoms with Gasteiger partial charge in [-0.25, -0.2) is 0 Å². The van der Waals surface area contributed by atoms with Gasteiger partial charge < -0.3 is 19.3 Å². The molecule has 0 spiro atoms. The lowest BCUT2D eigenvalue weighted by Crippen LogP contribution is -2.45. The Hall–Kier alpha value is -2.08. The number of hydrogen-bond donors (Lipinski definition) is 0. The Bertz CT molecular complexity index is 658. The predicted octanol–water partition coefficient (Wildman–Crippen LogP) is 3.02. The first-order valence-corrected chi connectivity index (χ1v) is 9.71. The number of methoxy groups -OCH3 is 2. The van der Waals surface area contributed by atoms with Crippen LogP contribution in [0.25, 0.3) is 0 Å². The van der Waals surface area contributed by atoms with Crippen LogP contribution in [-0.2, 0) is 14.3 Å². The first kappa shape index (κ1) is 21.2. The van der Waals surface area contributed by atoms with E-state index in [9.17, 15) is 9.59 Å². The number of hydrogen-bond acceptors (Lipinski definition) is 4. The monoisotopic (exact) mass is 376 g/mol. The maximum atomic E-state index is 13.2. The van der Waals surface area contributed by atoms with E-state index in [0.29, 0.717) is 25.4 Å². The molecule has 0 bridgehead atoms. The van der Waals surface area contributed by atoms with E-state index < -0.39 is 0 Å². The van der Waals surface area contributed by atoms with Crippen molar-refractivity contribution in [2.24, 2.45) is 5.92 Å². The molecule has 0 N–H and O–H groups in total. The number of carbonyl (C=O) groups excluding carboxylic acids is 2. The minimum Gasteiger partial charge on any atom is -0.495 e. The molecule has 0 radical (unpaired) electrons. The lowest BCUT2D eigenvalue weighted by atomic mass is 10.0. The van der Waals surface area contributed by atoms with Gasteiger partial charge in [0, 0.05) is 32.7 Å². The van der Waals surface area contributed by atoms with Gasteiger partial charge in [-0.2, -0.15) is 0 Å². The van der Waals surface area contributed by atoms with Crippen LogP contribution in [0.3, 0.4) is 0 Å². The van der Waals surface area contributed by atoms with Gasteiger partial charge in [-0.15, -0.1) is 0 Å². The number of ether oxygens (including phenoxy) is 2. The summed E-state index contributed by atoms with van der Waals surface area (Å²) in [5, 5.41) is 0. The molecular formula is C21H32N2O4. The van der Waals surface area contributed by atoms with Crippen molar-refractivity contribution < 1.29 is 19.1 Å². The molecule has 0 saturated carbocycles. The summed E-state index contributed by atoms with van der Waals surface area (Å²) >= 11 is 0. The molecule has 0 aliphatic carbocycles. The molecule has 0 aromatic heterocycles. The van der Waals surface area contributed by atoms with E-state index in [0.717, 1.165) is 24.1 Å². The van der Waals surface area contributed by atoms with E-state index in [2.05, 4.69) is 13.8 Å². The molecule has 1 unspecified atom stereocenters. The summed E-state index contributed by atoms with van der Waals surface area (Å²) in [6, 6.07) is 5.92. The molecule has 2 rings (SSSR count). The number of aryl methyl sites for hydroxylation is 1. The van der Waals surface area contributed by atoms with Gasteiger partial charge in [-0.05, 0) is 37.5 Å². The van der Waals surface area contributed by atoms with Crippen LogP contribution in [0, 0.1) is 12.8 Å². The maximum absolute atomic E-state index is 13.2. The van der Waals surface area contributed by atoms with Crippen molar-refractivity contribution >= 4 is 17.5 Å². The van der Waals surface area contributed by atoms with Crippen LogP contribution in [0.1, 0.15) is 38.7 Å². The van der Waals surface area contributed by atoms with Crippen molar-refractivity contribution in [3.05, 3.63) is 23.8 Å². The molecule has 1 saturated heterocycles. The van der Waals surface area contributed by atoms with E-state index in [-0.39, 0.29) is 30.2 Å². The molecule has 1 aromatic rings. The highest BCUT2D eigenvalue weighted by Crippen LogP contribution is 2.34. The zero-order chi connectivity index (χ0) is 20.0. The summed E-state index contributed by atoms with van der Waals surface area (Å²) in [7, 11) is 3.23. The number of anilines is 1. The summed E-state index contributed by atoms with van der Waals surface area (Å²) in [5.74, 6) is 0.329. The van der Waals surface area contributed by atoms with Gasteiger partial charge in [0.15, 0.2) is 0 Å². The van der Waals surface area contributed by atoms with Crippen LogP contribution in [0.2, 0.25) is 0 Å². The number of carbonyl (C=O) groups is 2. The standard InChI is InChI=1S/C21H32N2O4/c1-6-17(7-2)22(10-11-26-4)21(25)16-13-20(24)23(14-16)18-12-15(3)8-9-19(18)27-5/h8-9,12,16-17H,6-7,10-11,13-14H2,1-5H3. The van der Waals surface area contributed by atoms with E-state index in [1.165, 1.54) is 0 Å². The number of amides is 2. The van der Waals surface area contributed by atoms with E-state index >= 15 is 0 Å². The third kappa shape index (κ3) is 4.80. The van der Waals surface area contributed by atoms with Gasteiger partial charge in [0.05, 0.1) is 25.3 Å². The van der Waals surface area contributed by atoms with Gasteiger partial charge in [-0.1, -0.05) is 19.9 Å². The molecular weight excluding hydrogens is 344 g/mol. The molecule has 1 aliphatic rings. The summed E-state index contributed by atoms with van der Waals surface area (Å²) in [4.78, 5) is 29.5. The number of rotatable bonds is 9. The van der Waals surface area contributed by atoms with Crippen LogP contribution in [0.4, 0.5) is 5.69 Å². The Morgan fingerprint density at radius 1 is 1.30 bits per heavy atom. The van der Waals surface area contributed by atoms with Crippen molar-refractivity contribution in [1.29, 1.82) is 0 Å². The molecule has 2 amide bonds. The molecule has 6 nitrogen and oxygen atoms in total. The zero-order valence-electron chi connectivity index (χ0n) is 17.2. The highest BCUT2D eigenvalue weighted by molar-refractivity contribution is 6.01. The number of nitrogens with zero attached hydrogens (tertiary/aromatic N) is 2. The van der Waals surface area contributed by atoms with Crippen molar-refractivity contribution in [1.82, 2.24) is 4.90 Å². The molecule has 1 fully saturated rings. The minimum atomic E-state index is -0.333. The summed E-state index contributed by atoms with van der Waals surface area (Å²) in [5.41, 5.74) is 1.79. The molecule has 1 atom stereocenters. The lowest BCUT2D eigenvalue weighted by molar-refractivity contribution is -0.139. The second-order valence-corrected chi connectivity index (χ2v) is 7.08. The highest BCUT2D eigenvalue weighted by Gasteiger charge is 2.39. The van der Waals surface area contributed by atoms with Gasteiger partial charge >= 0.3 is 0 Å². The Morgan fingerprint density at radius 2 is 2.00 bits per heavy atom. The van der Waals surface area contributed by atoms with Crippen LogP contribution >= 0.6 is 0 Å². The summed E-state index contributed by atoms with van der Waals surface area (Å²) < 4.78 is 10.6. The quantitative estimate of drug-likeness (QED) is 0.665. The smallest absolute Gasteiger partial charge is 0.228 e. The highest BCUT2D eigenvalue weighted by atomic mass is 16.5. The Kier molecular flexibility index (Phi) is 7.66. The van der Waals surface area contributed by atoms with E-state index in [1.54, 1.807) is 19.1 Å². The summed E-state index contributed by atoms with van der Waals surface area (Å²) in [6.45, 7) is 7.60. The Labute approximate surface area is 162 Å². The van der Waals surface area contributed by atoms with Crippen LogP contribution in [-0.4, -0.2) is 56.7 Å². The minimum absolute atomic E-state index is 0.0338. The average Bonchev–Trinajstić information content (AvgIpc) is 3.06. The van der Waals surface area contributed by atoms with Crippen molar-refractivity contribution in [2.45, 2.75) is 46.1 Å². The van der Waals surface area contributed by atoms with Crippen LogP contribution in [0.5, 0.6) is 5.75 Å². The first-order valence-electron chi connectivity index (χ1n) is 9.71. The molecule has 150 valence electrons. The molecule has 1 heterocycles. The third-order valence-electron chi connectivity index (χ3n) is 5.30. The molecule has 6 heteroatoms. The van der Waals surface area contributed by atoms with Crippen molar-refractivity contribution in [2.75, 3.05) is 38.8 Å². The van der Waals surface area contributed by atoms with Crippen molar-refractivity contribution in [3.8, 4) is 5.75 Å². The second kappa shape index (κ2) is 9.74. The second-order valence-electron chi connectivity index (χ2n) is 7.08. The van der Waals surface area contributed by atoms with Crippen LogP contribution in [0.15, 0.2) is 18.2 Å². The van der Waals surface area contributed by atoms with Gasteiger partial charge in [0.1, 0.15) is 5.75 Å². The largest absolute Gasteiger partial charge is 0.495 e. The normalized spacial score (nSPS) is 16.9. The molecule has 1 aromatic carbocycles. The van der Waals surface area contributed by atoms with E-state index in [1.807, 2.05) is 30.0 Å². The maximum Gasteiger partial charge on any atom is 0.228 e. The summed E-state index contributed by atoms with van der Waals surface area (Å²) in [6.07, 6.45) is 2.02. The van der Waals surface area contributed by atoms with Gasteiger partial charge in [0.25, 0.3) is 0 Å². The van der Waals surface area contributed by atoms with E-state index in [4.69, 9.17) is 9.47 Å². The topological polar surface area (TPSA) is 59.1 Å². The van der Waals surface area contributed by atoms with Crippen molar-refractivity contribution in [3.63, 3.8) is 0 Å². The van der Waals surface area contributed by atoms with Crippen LogP contribution < -0.4 is 9.64 Å². The first-order chi connectivity index (χ1) is 13.0. The Balaban J connectivity index is 2.22. The predicted molar refractivity (Wildman–Crippen MR) is 106 cm³/mol. The molecule has 27 heavy (non-hydrogen) atoms. The molecule has 1 aliphatic heterocycles. The lowest BCUT2D eigenvalue weighted by Gasteiger charge is -2.32. The fourth-order valence-corrected chi connectivity index (χ4v) is 3.74. The van der Waals surface area contributed by atoms with Gasteiger partial charge in [-0.3, -0.25) is 9.59 Å².